The first-order valence-electron chi connectivity index (χ1n) is 15.5. The van der Waals surface area contributed by atoms with Crippen LogP contribution >= 0.6 is 0 Å². The number of rotatable bonds is 10. The summed E-state index contributed by atoms with van der Waals surface area (Å²) in [6.45, 7) is 6.79. The van der Waals surface area contributed by atoms with E-state index in [9.17, 15) is 9.59 Å². The minimum absolute atomic E-state index is 0.0632. The minimum atomic E-state index is 0.0632. The van der Waals surface area contributed by atoms with E-state index in [1.54, 1.807) is 0 Å². The zero-order chi connectivity index (χ0) is 29.3. The van der Waals surface area contributed by atoms with Crippen LogP contribution in [0.1, 0.15) is 47.9 Å². The summed E-state index contributed by atoms with van der Waals surface area (Å²) in [5, 5.41) is 0. The summed E-state index contributed by atoms with van der Waals surface area (Å²) in [5.74, 6) is 0.633. The van der Waals surface area contributed by atoms with Gasteiger partial charge in [0.25, 0.3) is 0 Å². The summed E-state index contributed by atoms with van der Waals surface area (Å²) in [6.07, 6.45) is 4.05. The Morgan fingerprint density at radius 3 is 1.36 bits per heavy atom. The molecule has 0 N–H and O–H groups in total. The normalized spacial score (nSPS) is 19.8. The van der Waals surface area contributed by atoms with E-state index in [2.05, 4.69) is 58.3 Å². The molecule has 2 saturated heterocycles. The van der Waals surface area contributed by atoms with E-state index in [4.69, 9.17) is 0 Å². The maximum Gasteiger partial charge on any atom is 0.227 e. The molecule has 5 rings (SSSR count). The third-order valence-corrected chi connectivity index (χ3v) is 8.82. The standard InChI is InChI=1S/C36H46N4O2/c1-37(23-29-11-5-3-6-12-29)35(41)33-15-9-21-39(27-33)25-31-17-19-32(20-18-31)26-40-22-10-16-34(28-40)36(42)38(2)24-30-13-7-4-8-14-30/h3-8,11-14,17-20,33-34H,9-10,15-16,21-28H2,1-2H3. The molecule has 2 atom stereocenters. The van der Waals surface area contributed by atoms with Crippen LogP contribution in [0.4, 0.5) is 0 Å². The number of nitrogens with zero attached hydrogens (tertiary/aromatic N) is 4. The number of likely N-dealkylation sites (tertiary alicyclic amines) is 2. The molecule has 0 aromatic heterocycles. The lowest BCUT2D eigenvalue weighted by atomic mass is 9.95. The molecule has 3 aromatic rings. The first-order valence-corrected chi connectivity index (χ1v) is 15.5. The van der Waals surface area contributed by atoms with Crippen molar-refractivity contribution in [3.63, 3.8) is 0 Å². The Balaban J connectivity index is 1.09. The van der Waals surface area contributed by atoms with Gasteiger partial charge in [0.2, 0.25) is 11.8 Å². The summed E-state index contributed by atoms with van der Waals surface area (Å²) in [6, 6.07) is 29.4. The largest absolute Gasteiger partial charge is 0.341 e. The van der Waals surface area contributed by atoms with E-state index in [1.165, 1.54) is 22.3 Å². The molecule has 0 bridgehead atoms. The molecule has 2 unspecified atom stereocenters. The van der Waals surface area contributed by atoms with Crippen LogP contribution in [0.3, 0.4) is 0 Å². The predicted octanol–water partition coefficient (Wildman–Crippen LogP) is 5.43. The van der Waals surface area contributed by atoms with Gasteiger partial charge in [-0.05, 0) is 61.0 Å². The molecule has 6 heteroatoms. The van der Waals surface area contributed by atoms with Gasteiger partial charge in [0.1, 0.15) is 0 Å². The van der Waals surface area contributed by atoms with Gasteiger partial charge in [-0.3, -0.25) is 19.4 Å². The molecular weight excluding hydrogens is 520 g/mol. The molecule has 6 nitrogen and oxygen atoms in total. The molecule has 0 aliphatic carbocycles. The Bertz CT molecular complexity index is 1180. The summed E-state index contributed by atoms with van der Waals surface area (Å²) in [5.41, 5.74) is 4.92. The quantitative estimate of drug-likeness (QED) is 0.329. The van der Waals surface area contributed by atoms with E-state index in [-0.39, 0.29) is 23.7 Å². The van der Waals surface area contributed by atoms with Crippen molar-refractivity contribution in [2.75, 3.05) is 40.3 Å². The van der Waals surface area contributed by atoms with Crippen molar-refractivity contribution < 1.29 is 9.59 Å². The highest BCUT2D eigenvalue weighted by Crippen LogP contribution is 2.23. The lowest BCUT2D eigenvalue weighted by molar-refractivity contribution is -0.137. The zero-order valence-electron chi connectivity index (χ0n) is 25.3. The average Bonchev–Trinajstić information content (AvgIpc) is 3.02. The van der Waals surface area contributed by atoms with Gasteiger partial charge in [-0.1, -0.05) is 84.9 Å². The lowest BCUT2D eigenvalue weighted by Crippen LogP contribution is -2.43. The topological polar surface area (TPSA) is 47.1 Å². The van der Waals surface area contributed by atoms with Crippen LogP contribution in [0, 0.1) is 11.8 Å². The van der Waals surface area contributed by atoms with E-state index in [0.717, 1.165) is 65.0 Å². The third-order valence-electron chi connectivity index (χ3n) is 8.82. The number of hydrogen-bond acceptors (Lipinski definition) is 4. The van der Waals surface area contributed by atoms with E-state index in [0.29, 0.717) is 13.1 Å². The molecular formula is C36H46N4O2. The van der Waals surface area contributed by atoms with Gasteiger partial charge in [0.15, 0.2) is 0 Å². The Kier molecular flexibility index (Phi) is 10.4. The SMILES string of the molecule is CN(Cc1ccccc1)C(=O)C1CCCN(Cc2ccc(CN3CCCC(C(=O)N(C)Cc4ccccc4)C3)cc2)C1. The van der Waals surface area contributed by atoms with Gasteiger partial charge in [-0.15, -0.1) is 0 Å². The van der Waals surface area contributed by atoms with Crippen molar-refractivity contribution in [2.45, 2.75) is 51.9 Å². The highest BCUT2D eigenvalue weighted by atomic mass is 16.2. The predicted molar refractivity (Wildman–Crippen MR) is 168 cm³/mol. The second-order valence-corrected chi connectivity index (χ2v) is 12.3. The van der Waals surface area contributed by atoms with Gasteiger partial charge in [0, 0.05) is 53.4 Å². The fraction of sp³-hybridized carbons (Fsp3) is 0.444. The summed E-state index contributed by atoms with van der Waals surface area (Å²) in [7, 11) is 3.85. The molecule has 222 valence electrons. The lowest BCUT2D eigenvalue weighted by Gasteiger charge is -2.34. The van der Waals surface area contributed by atoms with Crippen LogP contribution in [-0.4, -0.2) is 71.7 Å². The van der Waals surface area contributed by atoms with E-state index >= 15 is 0 Å². The summed E-state index contributed by atoms with van der Waals surface area (Å²) in [4.78, 5) is 35.0. The van der Waals surface area contributed by atoms with Gasteiger partial charge < -0.3 is 9.80 Å². The van der Waals surface area contributed by atoms with Crippen molar-refractivity contribution in [3.8, 4) is 0 Å². The fourth-order valence-corrected chi connectivity index (χ4v) is 6.56. The number of carbonyl (C=O) groups is 2. The first kappa shape index (κ1) is 30.0. The van der Waals surface area contributed by atoms with Gasteiger partial charge in [0.05, 0.1) is 11.8 Å². The highest BCUT2D eigenvalue weighted by Gasteiger charge is 2.29. The molecule has 2 aliphatic rings. The molecule has 2 fully saturated rings. The van der Waals surface area contributed by atoms with Crippen LogP contribution in [0.5, 0.6) is 0 Å². The Hall–Kier alpha value is -3.48. The van der Waals surface area contributed by atoms with E-state index < -0.39 is 0 Å². The molecule has 2 amide bonds. The molecule has 0 saturated carbocycles. The minimum Gasteiger partial charge on any atom is -0.341 e. The monoisotopic (exact) mass is 566 g/mol. The Labute approximate surface area is 251 Å². The van der Waals surface area contributed by atoms with Crippen molar-refractivity contribution in [3.05, 3.63) is 107 Å². The van der Waals surface area contributed by atoms with Crippen LogP contribution < -0.4 is 0 Å². The van der Waals surface area contributed by atoms with Gasteiger partial charge in [-0.25, -0.2) is 0 Å². The van der Waals surface area contributed by atoms with Crippen LogP contribution in [0.2, 0.25) is 0 Å². The number of carbonyl (C=O) groups excluding carboxylic acids is 2. The molecule has 0 radical (unpaired) electrons. The number of amides is 2. The zero-order valence-corrected chi connectivity index (χ0v) is 25.3. The van der Waals surface area contributed by atoms with Crippen molar-refractivity contribution >= 4 is 11.8 Å². The van der Waals surface area contributed by atoms with Crippen LogP contribution in [-0.2, 0) is 35.8 Å². The van der Waals surface area contributed by atoms with Crippen molar-refractivity contribution in [1.29, 1.82) is 0 Å². The molecule has 3 aromatic carbocycles. The van der Waals surface area contributed by atoms with Crippen LogP contribution in [0.25, 0.3) is 0 Å². The summed E-state index contributed by atoms with van der Waals surface area (Å²) < 4.78 is 0. The second kappa shape index (κ2) is 14.6. The van der Waals surface area contributed by atoms with Gasteiger partial charge in [-0.2, -0.15) is 0 Å². The van der Waals surface area contributed by atoms with Crippen LogP contribution in [0.15, 0.2) is 84.9 Å². The highest BCUT2D eigenvalue weighted by molar-refractivity contribution is 5.79. The third kappa shape index (κ3) is 8.30. The second-order valence-electron chi connectivity index (χ2n) is 12.3. The molecule has 2 heterocycles. The molecule has 42 heavy (non-hydrogen) atoms. The first-order chi connectivity index (χ1) is 20.4. The number of benzene rings is 3. The summed E-state index contributed by atoms with van der Waals surface area (Å²) >= 11 is 0. The van der Waals surface area contributed by atoms with Crippen molar-refractivity contribution in [1.82, 2.24) is 19.6 Å². The Morgan fingerprint density at radius 2 is 0.976 bits per heavy atom. The number of piperidine rings is 2. The smallest absolute Gasteiger partial charge is 0.227 e. The Morgan fingerprint density at radius 1 is 0.595 bits per heavy atom. The van der Waals surface area contributed by atoms with E-state index in [1.807, 2.05) is 60.3 Å². The maximum atomic E-state index is 13.2. The average molecular weight is 567 g/mol. The number of hydrogen-bond donors (Lipinski definition) is 0. The molecule has 2 aliphatic heterocycles. The fourth-order valence-electron chi connectivity index (χ4n) is 6.56. The van der Waals surface area contributed by atoms with Gasteiger partial charge >= 0.3 is 0 Å². The maximum absolute atomic E-state index is 13.2. The molecule has 0 spiro atoms. The van der Waals surface area contributed by atoms with Crippen molar-refractivity contribution in [2.24, 2.45) is 11.8 Å².